The van der Waals surface area contributed by atoms with Crippen LogP contribution in [0.5, 0.6) is 0 Å². The van der Waals surface area contributed by atoms with Gasteiger partial charge in [0.1, 0.15) is 0 Å². The highest BCUT2D eigenvalue weighted by Gasteiger charge is 2.39. The van der Waals surface area contributed by atoms with E-state index < -0.39 is 6.10 Å². The van der Waals surface area contributed by atoms with Gasteiger partial charge in [-0.2, -0.15) is 0 Å². The number of halogens is 2. The van der Waals surface area contributed by atoms with Crippen molar-refractivity contribution in [3.63, 3.8) is 0 Å². The number of nitrogens with zero attached hydrogens (tertiary/aromatic N) is 1. The second kappa shape index (κ2) is 9.33. The summed E-state index contributed by atoms with van der Waals surface area (Å²) in [6.07, 6.45) is 10.4. The average Bonchev–Trinajstić information content (AvgIpc) is 3.19. The molecule has 0 bridgehead atoms. The molecule has 3 rings (SSSR count). The van der Waals surface area contributed by atoms with Crippen molar-refractivity contribution in [1.82, 2.24) is 4.98 Å². The van der Waals surface area contributed by atoms with Gasteiger partial charge in [0.15, 0.2) is 5.78 Å². The number of carbonyl (C=O) groups is 1. The van der Waals surface area contributed by atoms with Crippen molar-refractivity contribution in [1.29, 1.82) is 0 Å². The lowest BCUT2D eigenvalue weighted by Crippen LogP contribution is -2.18. The number of ketones is 1. The van der Waals surface area contributed by atoms with E-state index in [0.717, 1.165) is 29.7 Å². The summed E-state index contributed by atoms with van der Waals surface area (Å²) >= 11 is 14.1. The summed E-state index contributed by atoms with van der Waals surface area (Å²) in [5, 5.41) is 11.0. The van der Waals surface area contributed by atoms with Crippen LogP contribution in [0.15, 0.2) is 36.7 Å². The molecule has 0 spiro atoms. The predicted molar refractivity (Wildman–Crippen MR) is 113 cm³/mol. The summed E-state index contributed by atoms with van der Waals surface area (Å²) in [5.74, 6) is 0.381. The molecule has 144 valence electrons. The van der Waals surface area contributed by atoms with E-state index in [2.05, 4.69) is 4.98 Å². The fraction of sp³-hybridized carbons (Fsp3) is 0.429. The third-order valence-electron chi connectivity index (χ3n) is 5.08. The maximum atomic E-state index is 11.4. The van der Waals surface area contributed by atoms with Gasteiger partial charge in [-0.1, -0.05) is 23.8 Å². The molecule has 0 aromatic carbocycles. The van der Waals surface area contributed by atoms with Crippen molar-refractivity contribution < 1.29 is 9.90 Å². The molecule has 2 heterocycles. The highest BCUT2D eigenvalue weighted by molar-refractivity contribution is 7.14. The third-order valence-corrected chi connectivity index (χ3v) is 7.03. The van der Waals surface area contributed by atoms with Crippen LogP contribution in [0.2, 0.25) is 5.02 Å². The average molecular weight is 424 g/mol. The minimum Gasteiger partial charge on any atom is -0.392 e. The van der Waals surface area contributed by atoms with Crippen molar-refractivity contribution in [3.8, 4) is 0 Å². The zero-order valence-electron chi connectivity index (χ0n) is 15.1. The minimum absolute atomic E-state index is 0.0248. The molecule has 2 aromatic rings. The smallest absolute Gasteiger partial charge is 0.169 e. The summed E-state index contributed by atoms with van der Waals surface area (Å²) in [4.78, 5) is 17.5. The lowest BCUT2D eigenvalue weighted by atomic mass is 9.89. The van der Waals surface area contributed by atoms with E-state index in [1.165, 1.54) is 4.88 Å². The van der Waals surface area contributed by atoms with Crippen molar-refractivity contribution >= 4 is 46.4 Å². The van der Waals surface area contributed by atoms with E-state index in [1.54, 1.807) is 30.7 Å². The van der Waals surface area contributed by atoms with Crippen molar-refractivity contribution in [3.05, 3.63) is 57.0 Å². The van der Waals surface area contributed by atoms with E-state index in [0.29, 0.717) is 11.4 Å². The van der Waals surface area contributed by atoms with Crippen LogP contribution in [0.25, 0.3) is 6.08 Å². The number of aliphatic hydroxyl groups is 1. The second-order valence-corrected chi connectivity index (χ2v) is 9.24. The van der Waals surface area contributed by atoms with Crippen LogP contribution in [0.4, 0.5) is 0 Å². The van der Waals surface area contributed by atoms with Gasteiger partial charge in [0, 0.05) is 28.6 Å². The third kappa shape index (κ3) is 5.41. The summed E-state index contributed by atoms with van der Waals surface area (Å²) < 4.78 is 0. The highest BCUT2D eigenvalue weighted by Crippen LogP contribution is 2.40. The number of hydrogen-bond acceptors (Lipinski definition) is 4. The Kier molecular flexibility index (Phi) is 7.10. The SMILES string of the molecule is CC(=O)c1ccc(CCC[C@@H]2[C@@H](/C=C/c3cncc(Cl)c3)[C@H](O)C[C@H]2Cl)s1. The molecule has 1 fully saturated rings. The van der Waals surface area contributed by atoms with Gasteiger partial charge >= 0.3 is 0 Å². The van der Waals surface area contributed by atoms with Crippen molar-refractivity contribution in [2.75, 3.05) is 0 Å². The van der Waals surface area contributed by atoms with Gasteiger partial charge in [0.2, 0.25) is 0 Å². The number of thiophene rings is 1. The molecule has 1 aliphatic rings. The van der Waals surface area contributed by atoms with Crippen LogP contribution >= 0.6 is 34.5 Å². The Labute approximate surface area is 174 Å². The molecule has 0 saturated heterocycles. The first kappa shape index (κ1) is 20.5. The molecule has 4 atom stereocenters. The number of carbonyl (C=O) groups excluding carboxylic acids is 1. The topological polar surface area (TPSA) is 50.2 Å². The first-order valence-electron chi connectivity index (χ1n) is 9.14. The maximum absolute atomic E-state index is 11.4. The number of alkyl halides is 1. The Morgan fingerprint density at radius 1 is 1.41 bits per heavy atom. The first-order valence-corrected chi connectivity index (χ1v) is 10.8. The van der Waals surface area contributed by atoms with E-state index >= 15 is 0 Å². The van der Waals surface area contributed by atoms with Crippen LogP contribution in [0.3, 0.4) is 0 Å². The fourth-order valence-corrected chi connectivity index (χ4v) is 5.29. The normalized spacial score (nSPS) is 25.3. The lowest BCUT2D eigenvalue weighted by Gasteiger charge is -2.20. The molecule has 0 unspecified atom stereocenters. The highest BCUT2D eigenvalue weighted by atomic mass is 35.5. The molecular formula is C21H23Cl2NO2S. The molecule has 27 heavy (non-hydrogen) atoms. The summed E-state index contributed by atoms with van der Waals surface area (Å²) in [6, 6.07) is 5.78. The number of rotatable bonds is 7. The first-order chi connectivity index (χ1) is 12.9. The molecule has 1 saturated carbocycles. The standard InChI is InChI=1S/C21H23Cl2NO2S/c1-13(25)21-8-6-16(27-21)3-2-4-17-18(20(26)10-19(17)23)7-5-14-9-15(22)12-24-11-14/h5-9,11-12,17-20,26H,2-4,10H2,1H3/b7-5+/t17-,18-,19-,20-/m1/s1. The number of Topliss-reactive ketones (excluding diaryl/α,β-unsaturated/α-hetero) is 1. The molecule has 2 aromatic heterocycles. The molecule has 0 aliphatic heterocycles. The Morgan fingerprint density at radius 2 is 2.22 bits per heavy atom. The van der Waals surface area contributed by atoms with Crippen LogP contribution in [0.1, 0.15) is 46.3 Å². The predicted octanol–water partition coefficient (Wildman–Crippen LogP) is 5.64. The lowest BCUT2D eigenvalue weighted by molar-refractivity contribution is 0.102. The van der Waals surface area contributed by atoms with E-state index in [4.69, 9.17) is 23.2 Å². The number of pyridine rings is 1. The minimum atomic E-state index is -0.424. The Morgan fingerprint density at radius 3 is 2.93 bits per heavy atom. The number of aliphatic hydroxyl groups excluding tert-OH is 1. The van der Waals surface area contributed by atoms with E-state index in [9.17, 15) is 9.90 Å². The van der Waals surface area contributed by atoms with Gasteiger partial charge in [0.25, 0.3) is 0 Å². The van der Waals surface area contributed by atoms with Gasteiger partial charge in [-0.05, 0) is 62.3 Å². The van der Waals surface area contributed by atoms with Crippen LogP contribution in [-0.2, 0) is 6.42 Å². The summed E-state index contributed by atoms with van der Waals surface area (Å²) in [5.41, 5.74) is 0.918. The van der Waals surface area contributed by atoms with Crippen molar-refractivity contribution in [2.45, 2.75) is 44.1 Å². The molecule has 0 amide bonds. The van der Waals surface area contributed by atoms with Gasteiger partial charge in [0.05, 0.1) is 16.0 Å². The van der Waals surface area contributed by atoms with Crippen LogP contribution < -0.4 is 0 Å². The Bertz CT molecular complexity index is 820. The fourth-order valence-electron chi connectivity index (χ4n) is 3.69. The number of hydrogen-bond donors (Lipinski definition) is 1. The van der Waals surface area contributed by atoms with E-state index in [1.807, 2.05) is 30.4 Å². The molecule has 1 aliphatic carbocycles. The van der Waals surface area contributed by atoms with Gasteiger partial charge in [-0.25, -0.2) is 0 Å². The molecule has 6 heteroatoms. The molecule has 1 N–H and O–H groups in total. The summed E-state index contributed by atoms with van der Waals surface area (Å²) in [6.45, 7) is 1.60. The zero-order valence-corrected chi connectivity index (χ0v) is 17.5. The van der Waals surface area contributed by atoms with Gasteiger partial charge in [-0.15, -0.1) is 22.9 Å². The Balaban J connectivity index is 1.60. The van der Waals surface area contributed by atoms with Gasteiger partial charge in [-0.3, -0.25) is 9.78 Å². The largest absolute Gasteiger partial charge is 0.392 e. The van der Waals surface area contributed by atoms with Crippen LogP contribution in [0, 0.1) is 11.8 Å². The molecule has 3 nitrogen and oxygen atoms in total. The number of aromatic nitrogens is 1. The summed E-state index contributed by atoms with van der Waals surface area (Å²) in [7, 11) is 0. The maximum Gasteiger partial charge on any atom is 0.169 e. The van der Waals surface area contributed by atoms with Crippen molar-refractivity contribution in [2.24, 2.45) is 11.8 Å². The molecule has 0 radical (unpaired) electrons. The quantitative estimate of drug-likeness (QED) is 0.462. The van der Waals surface area contributed by atoms with E-state index in [-0.39, 0.29) is 23.0 Å². The van der Waals surface area contributed by atoms with Gasteiger partial charge < -0.3 is 5.11 Å². The second-order valence-electron chi connectivity index (χ2n) is 7.07. The monoisotopic (exact) mass is 423 g/mol. The Hall–Kier alpha value is -1.20. The van der Waals surface area contributed by atoms with Crippen LogP contribution in [-0.4, -0.2) is 27.4 Å². The number of aryl methyl sites for hydroxylation is 1. The zero-order chi connectivity index (χ0) is 19.4. The molecular weight excluding hydrogens is 401 g/mol.